The minimum atomic E-state index is -0.552. The van der Waals surface area contributed by atoms with Crippen LogP contribution in [0, 0.1) is 0 Å². The first kappa shape index (κ1) is 11.9. The van der Waals surface area contributed by atoms with E-state index in [2.05, 4.69) is 25.9 Å². The standard InChI is InChI=1S/C8H10BrN3O3/c1-15-3-4-7(9)8(14)12-6(11-4)2-5(10)13/h2-3H2,1H3,(H2,10,13)(H,11,12,14). The Labute approximate surface area is 94.0 Å². The number of primary amides is 1. The third kappa shape index (κ3) is 3.14. The molecule has 1 rings (SSSR count). The molecule has 0 unspecified atom stereocenters. The van der Waals surface area contributed by atoms with Crippen LogP contribution in [-0.2, 0) is 22.6 Å². The highest BCUT2D eigenvalue weighted by Gasteiger charge is 2.09. The van der Waals surface area contributed by atoms with E-state index >= 15 is 0 Å². The summed E-state index contributed by atoms with van der Waals surface area (Å²) in [6, 6.07) is 0. The number of methoxy groups -OCH3 is 1. The fourth-order valence-electron chi connectivity index (χ4n) is 1.04. The van der Waals surface area contributed by atoms with E-state index in [1.165, 1.54) is 7.11 Å². The molecule has 0 atom stereocenters. The number of carbonyl (C=O) groups is 1. The predicted molar refractivity (Wildman–Crippen MR) is 56.2 cm³/mol. The van der Waals surface area contributed by atoms with Crippen LogP contribution in [0.5, 0.6) is 0 Å². The summed E-state index contributed by atoms with van der Waals surface area (Å²) in [5, 5.41) is 0. The summed E-state index contributed by atoms with van der Waals surface area (Å²) in [7, 11) is 1.49. The SMILES string of the molecule is COCc1nc(CC(N)=O)[nH]c(=O)c1Br. The van der Waals surface area contributed by atoms with Crippen molar-refractivity contribution in [3.05, 3.63) is 26.3 Å². The molecule has 0 aliphatic carbocycles. The van der Waals surface area contributed by atoms with Crippen molar-refractivity contribution in [2.24, 2.45) is 5.73 Å². The van der Waals surface area contributed by atoms with Crippen LogP contribution in [0.4, 0.5) is 0 Å². The Balaban J connectivity index is 3.11. The summed E-state index contributed by atoms with van der Waals surface area (Å²) in [4.78, 5) is 28.5. The van der Waals surface area contributed by atoms with Crippen molar-refractivity contribution in [3.8, 4) is 0 Å². The molecular weight excluding hydrogens is 266 g/mol. The first-order valence-electron chi connectivity index (χ1n) is 4.09. The molecule has 0 saturated heterocycles. The number of hydrogen-bond donors (Lipinski definition) is 2. The summed E-state index contributed by atoms with van der Waals surface area (Å²) in [6.45, 7) is 0.191. The van der Waals surface area contributed by atoms with Crippen LogP contribution in [0.15, 0.2) is 9.27 Å². The highest BCUT2D eigenvalue weighted by Crippen LogP contribution is 2.09. The van der Waals surface area contributed by atoms with Crippen LogP contribution < -0.4 is 11.3 Å². The van der Waals surface area contributed by atoms with Gasteiger partial charge in [-0.3, -0.25) is 9.59 Å². The normalized spacial score (nSPS) is 10.3. The second kappa shape index (κ2) is 5.04. The van der Waals surface area contributed by atoms with Gasteiger partial charge in [-0.05, 0) is 15.9 Å². The lowest BCUT2D eigenvalue weighted by molar-refractivity contribution is -0.117. The maximum atomic E-state index is 11.4. The number of aromatic amines is 1. The maximum Gasteiger partial charge on any atom is 0.265 e. The maximum absolute atomic E-state index is 11.4. The number of rotatable bonds is 4. The summed E-state index contributed by atoms with van der Waals surface area (Å²) >= 11 is 3.08. The minimum Gasteiger partial charge on any atom is -0.378 e. The molecule has 0 saturated carbocycles. The molecule has 0 bridgehead atoms. The summed E-state index contributed by atoms with van der Waals surface area (Å²) < 4.78 is 5.17. The number of H-pyrrole nitrogens is 1. The molecule has 82 valence electrons. The van der Waals surface area contributed by atoms with Crippen molar-refractivity contribution < 1.29 is 9.53 Å². The molecule has 1 aromatic heterocycles. The van der Waals surface area contributed by atoms with Crippen LogP contribution in [-0.4, -0.2) is 23.0 Å². The van der Waals surface area contributed by atoms with E-state index in [9.17, 15) is 9.59 Å². The molecular formula is C8H10BrN3O3. The van der Waals surface area contributed by atoms with E-state index in [0.29, 0.717) is 10.2 Å². The quantitative estimate of drug-likeness (QED) is 0.789. The number of ether oxygens (including phenoxy) is 1. The Morgan fingerprint density at radius 1 is 1.67 bits per heavy atom. The highest BCUT2D eigenvalue weighted by molar-refractivity contribution is 9.10. The van der Waals surface area contributed by atoms with Gasteiger partial charge in [0.1, 0.15) is 10.3 Å². The summed E-state index contributed by atoms with van der Waals surface area (Å²) in [6.07, 6.45) is -0.0980. The molecule has 0 fully saturated rings. The van der Waals surface area contributed by atoms with Gasteiger partial charge in [0.2, 0.25) is 5.91 Å². The number of hydrogen-bond acceptors (Lipinski definition) is 4. The topological polar surface area (TPSA) is 98.1 Å². The molecule has 15 heavy (non-hydrogen) atoms. The van der Waals surface area contributed by atoms with Crippen molar-refractivity contribution >= 4 is 21.8 Å². The minimum absolute atomic E-state index is 0.0980. The first-order chi connectivity index (χ1) is 7.04. The van der Waals surface area contributed by atoms with Gasteiger partial charge >= 0.3 is 0 Å². The average molecular weight is 276 g/mol. The van der Waals surface area contributed by atoms with Gasteiger partial charge in [-0.2, -0.15) is 0 Å². The van der Waals surface area contributed by atoms with E-state index in [1.54, 1.807) is 0 Å². The monoisotopic (exact) mass is 275 g/mol. The number of halogens is 1. The second-order valence-corrected chi connectivity index (χ2v) is 3.64. The summed E-state index contributed by atoms with van der Waals surface area (Å²) in [5.41, 5.74) is 5.08. The molecule has 7 heteroatoms. The Morgan fingerprint density at radius 2 is 2.33 bits per heavy atom. The van der Waals surface area contributed by atoms with Gasteiger partial charge in [0, 0.05) is 7.11 Å². The third-order valence-corrected chi connectivity index (χ3v) is 2.42. The molecule has 0 aliphatic rings. The Morgan fingerprint density at radius 3 is 2.87 bits per heavy atom. The number of carbonyl (C=O) groups excluding carboxylic acids is 1. The molecule has 0 spiro atoms. The third-order valence-electron chi connectivity index (χ3n) is 1.60. The highest BCUT2D eigenvalue weighted by atomic mass is 79.9. The Kier molecular flexibility index (Phi) is 3.98. The second-order valence-electron chi connectivity index (χ2n) is 2.85. The number of nitrogens with two attached hydrogens (primary N) is 1. The van der Waals surface area contributed by atoms with Crippen LogP contribution in [0.2, 0.25) is 0 Å². The van der Waals surface area contributed by atoms with Gasteiger partial charge in [0.15, 0.2) is 0 Å². The van der Waals surface area contributed by atoms with E-state index in [4.69, 9.17) is 10.5 Å². The Hall–Kier alpha value is -1.21. The van der Waals surface area contributed by atoms with Crippen LogP contribution in [0.1, 0.15) is 11.5 Å². The van der Waals surface area contributed by atoms with Crippen molar-refractivity contribution in [1.29, 1.82) is 0 Å². The lowest BCUT2D eigenvalue weighted by Crippen LogP contribution is -2.21. The molecule has 1 amide bonds. The number of nitrogens with zero attached hydrogens (tertiary/aromatic N) is 1. The van der Waals surface area contributed by atoms with Crippen molar-refractivity contribution in [1.82, 2.24) is 9.97 Å². The number of aromatic nitrogens is 2. The molecule has 6 nitrogen and oxygen atoms in total. The van der Waals surface area contributed by atoms with Gasteiger partial charge in [0.25, 0.3) is 5.56 Å². The van der Waals surface area contributed by atoms with Gasteiger partial charge in [0.05, 0.1) is 18.7 Å². The van der Waals surface area contributed by atoms with Crippen molar-refractivity contribution in [2.45, 2.75) is 13.0 Å². The van der Waals surface area contributed by atoms with Gasteiger partial charge in [-0.25, -0.2) is 4.98 Å². The van der Waals surface area contributed by atoms with Gasteiger partial charge in [-0.1, -0.05) is 0 Å². The molecule has 1 heterocycles. The Bertz CT molecular complexity index is 430. The van der Waals surface area contributed by atoms with Crippen LogP contribution in [0.3, 0.4) is 0 Å². The van der Waals surface area contributed by atoms with Crippen molar-refractivity contribution in [3.63, 3.8) is 0 Å². The molecule has 1 aromatic rings. The van der Waals surface area contributed by atoms with Gasteiger partial charge in [-0.15, -0.1) is 0 Å². The lowest BCUT2D eigenvalue weighted by Gasteiger charge is -2.04. The van der Waals surface area contributed by atoms with E-state index in [1.807, 2.05) is 0 Å². The van der Waals surface area contributed by atoms with Crippen molar-refractivity contribution in [2.75, 3.05) is 7.11 Å². The molecule has 0 aliphatic heterocycles. The fraction of sp³-hybridized carbons (Fsp3) is 0.375. The number of nitrogens with one attached hydrogen (secondary N) is 1. The van der Waals surface area contributed by atoms with Crippen LogP contribution >= 0.6 is 15.9 Å². The zero-order valence-electron chi connectivity index (χ0n) is 8.04. The smallest absolute Gasteiger partial charge is 0.265 e. The predicted octanol–water partition coefficient (Wildman–Crippen LogP) is -0.293. The van der Waals surface area contributed by atoms with Gasteiger partial charge < -0.3 is 15.5 Å². The molecule has 0 aromatic carbocycles. The van der Waals surface area contributed by atoms with E-state index in [-0.39, 0.29) is 24.4 Å². The van der Waals surface area contributed by atoms with Crippen LogP contribution in [0.25, 0.3) is 0 Å². The molecule has 0 radical (unpaired) electrons. The van der Waals surface area contributed by atoms with E-state index in [0.717, 1.165) is 0 Å². The largest absolute Gasteiger partial charge is 0.378 e. The first-order valence-corrected chi connectivity index (χ1v) is 4.88. The number of amides is 1. The molecule has 3 N–H and O–H groups in total. The van der Waals surface area contributed by atoms with E-state index < -0.39 is 5.91 Å². The summed E-state index contributed by atoms with van der Waals surface area (Å²) in [5.74, 6) is -0.313. The lowest BCUT2D eigenvalue weighted by atomic mass is 10.3. The fourth-order valence-corrected chi connectivity index (χ4v) is 1.34. The zero-order valence-corrected chi connectivity index (χ0v) is 9.63. The average Bonchev–Trinajstić information content (AvgIpc) is 2.12. The zero-order chi connectivity index (χ0) is 11.4.